The molecule has 0 aliphatic carbocycles. The Kier molecular flexibility index (Phi) is 9.50. The summed E-state index contributed by atoms with van der Waals surface area (Å²) >= 11 is 1.05. The Bertz CT molecular complexity index is 136. The predicted molar refractivity (Wildman–Crippen MR) is 69.3 cm³/mol. The molecule has 84 valence electrons. The number of nitrogens with one attached hydrogen (secondary N) is 1. The summed E-state index contributed by atoms with van der Waals surface area (Å²) in [5.74, 6) is 0. The van der Waals surface area contributed by atoms with Gasteiger partial charge in [0.15, 0.2) is 0 Å². The summed E-state index contributed by atoms with van der Waals surface area (Å²) in [5, 5.41) is 3.35. The molecule has 5 N–H and O–H groups in total. The van der Waals surface area contributed by atoms with Gasteiger partial charge in [-0.1, -0.05) is 0 Å². The van der Waals surface area contributed by atoms with Gasteiger partial charge in [-0.05, 0) is 0 Å². The quantitative estimate of drug-likeness (QED) is 0.118. The third kappa shape index (κ3) is 8.99. The summed E-state index contributed by atoms with van der Waals surface area (Å²) < 4.78 is 12.2. The SMILES string of the molecule is CC(C)(CNCI(N)OCN)[I-]I. The Hall–Kier alpha value is 2.03. The van der Waals surface area contributed by atoms with E-state index in [0.717, 1.165) is 11.1 Å². The molecule has 0 rings (SSSR count). The molecule has 13 heavy (non-hydrogen) atoms. The van der Waals surface area contributed by atoms with E-state index in [9.17, 15) is 0 Å². The van der Waals surface area contributed by atoms with Crippen LogP contribution in [0.4, 0.5) is 0 Å². The summed E-state index contributed by atoms with van der Waals surface area (Å²) in [6.45, 7) is 5.84. The first kappa shape index (κ1) is 15.0. The average molecular weight is 528 g/mol. The predicted octanol–water partition coefficient (Wildman–Crippen LogP) is -2.02. The summed E-state index contributed by atoms with van der Waals surface area (Å²) in [5.41, 5.74) is 5.23. The number of halogens is 3. The van der Waals surface area contributed by atoms with Crippen molar-refractivity contribution in [2.24, 2.45) is 9.68 Å². The molecule has 0 aromatic heterocycles. The van der Waals surface area contributed by atoms with Gasteiger partial charge in [0.05, 0.1) is 0 Å². The Morgan fingerprint density at radius 1 is 1.62 bits per heavy atom. The second-order valence-corrected chi connectivity index (χ2v) is 12.4. The van der Waals surface area contributed by atoms with Crippen LogP contribution in [0.5, 0.6) is 0 Å². The van der Waals surface area contributed by atoms with E-state index in [2.05, 4.69) is 37.8 Å². The van der Waals surface area contributed by atoms with Crippen LogP contribution in [-0.2, 0) is 3.07 Å². The van der Waals surface area contributed by atoms with E-state index in [4.69, 9.17) is 12.7 Å². The molecule has 0 bridgehead atoms. The fraction of sp³-hybridized carbons (Fsp3) is 1.00. The van der Waals surface area contributed by atoms with Gasteiger partial charge in [0.1, 0.15) is 0 Å². The number of rotatable bonds is 7. The molecule has 0 fully saturated rings. The molecule has 7 heteroatoms. The number of hydrogen-bond donors (Lipinski definition) is 3. The molecule has 0 atom stereocenters. The van der Waals surface area contributed by atoms with E-state index in [0.29, 0.717) is 3.42 Å². The molecular weight excluding hydrogens is 511 g/mol. The molecule has 0 aliphatic heterocycles. The van der Waals surface area contributed by atoms with Crippen molar-refractivity contribution >= 4 is 39.1 Å². The van der Waals surface area contributed by atoms with Crippen LogP contribution in [0.2, 0.25) is 0 Å². The van der Waals surface area contributed by atoms with Crippen molar-refractivity contribution in [2.45, 2.75) is 17.3 Å². The molecule has 0 aliphatic rings. The monoisotopic (exact) mass is 528 g/mol. The normalized spacial score (nSPS) is 13.5. The van der Waals surface area contributed by atoms with E-state index in [1.54, 1.807) is 0 Å². The molecule has 0 radical (unpaired) electrons. The zero-order valence-corrected chi connectivity index (χ0v) is 14.3. The topological polar surface area (TPSA) is 73.3 Å². The van der Waals surface area contributed by atoms with Gasteiger partial charge in [0.25, 0.3) is 0 Å². The summed E-state index contributed by atoms with van der Waals surface area (Å²) in [4.78, 5) is 0. The third-order valence-electron chi connectivity index (χ3n) is 1.17. The molecule has 0 heterocycles. The molecule has 4 nitrogen and oxygen atoms in total. The van der Waals surface area contributed by atoms with Gasteiger partial charge in [-0.2, -0.15) is 0 Å². The zero-order chi connectivity index (χ0) is 10.3. The van der Waals surface area contributed by atoms with E-state index >= 15 is 0 Å². The van der Waals surface area contributed by atoms with Gasteiger partial charge in [0, 0.05) is 0 Å². The van der Waals surface area contributed by atoms with Crippen LogP contribution < -0.4 is 32.2 Å². The minimum atomic E-state index is -1.69. The minimum absolute atomic E-state index is 0.239. The molecular formula is C6H17I3N3O-. The van der Waals surface area contributed by atoms with E-state index in [1.165, 1.54) is 0 Å². The maximum atomic E-state index is 5.75. The van der Waals surface area contributed by atoms with Gasteiger partial charge in [-0.3, -0.25) is 0 Å². The number of nitrogens with two attached hydrogens (primary N) is 2. The van der Waals surface area contributed by atoms with Crippen LogP contribution in [0.25, 0.3) is 0 Å². The Morgan fingerprint density at radius 3 is 2.69 bits per heavy atom. The van der Waals surface area contributed by atoms with Crippen molar-refractivity contribution in [3.8, 4) is 0 Å². The summed E-state index contributed by atoms with van der Waals surface area (Å²) in [6, 6.07) is 0. The average Bonchev–Trinajstić information content (AvgIpc) is 2.05. The van der Waals surface area contributed by atoms with E-state index < -0.39 is 20.5 Å². The fourth-order valence-electron chi connectivity index (χ4n) is 0.582. The van der Waals surface area contributed by atoms with Gasteiger partial charge in [-0.15, -0.1) is 0 Å². The third-order valence-corrected chi connectivity index (χ3v) is 12.5. The van der Waals surface area contributed by atoms with E-state index in [-0.39, 0.29) is 24.0 Å². The molecule has 0 spiro atoms. The van der Waals surface area contributed by atoms with Crippen LogP contribution in [0, 0.1) is 0 Å². The second kappa shape index (κ2) is 8.21. The Labute approximate surface area is 108 Å². The first-order chi connectivity index (χ1) is 6.02. The van der Waals surface area contributed by atoms with Gasteiger partial charge in [0.2, 0.25) is 0 Å². The van der Waals surface area contributed by atoms with Crippen LogP contribution in [0.15, 0.2) is 0 Å². The standard InChI is InChI=1S/C6H17I3N3O/c1-6(2,8-7)3-12-4-9(11)13-5-10/h12H,3-5,10-11H2,1-2H3/q-1. The first-order valence-electron chi connectivity index (χ1n) is 3.73. The van der Waals surface area contributed by atoms with Crippen LogP contribution in [-0.4, -0.2) is 21.2 Å². The van der Waals surface area contributed by atoms with Crippen molar-refractivity contribution in [2.75, 3.05) is 17.8 Å². The number of alkyl halides is 2. The fourth-order valence-corrected chi connectivity index (χ4v) is 3.45. The molecule has 0 saturated carbocycles. The maximum absolute atomic E-state index is 5.75. The van der Waals surface area contributed by atoms with Crippen molar-refractivity contribution < 1.29 is 20.3 Å². The molecule has 0 amide bonds. The number of hydrogen-bond acceptors (Lipinski definition) is 4. The summed E-state index contributed by atoms with van der Waals surface area (Å²) in [7, 11) is 0. The van der Waals surface area contributed by atoms with Crippen LogP contribution in [0.3, 0.4) is 0 Å². The Balaban J connectivity index is 3.44. The molecule has 0 aromatic carbocycles. The van der Waals surface area contributed by atoms with Crippen molar-refractivity contribution in [1.82, 2.24) is 5.32 Å². The molecule has 0 unspecified atom stereocenters. The van der Waals surface area contributed by atoms with Crippen molar-refractivity contribution in [1.29, 1.82) is 0 Å². The first-order valence-corrected chi connectivity index (χ1v) is 14.7. The van der Waals surface area contributed by atoms with Crippen molar-refractivity contribution in [3.05, 3.63) is 0 Å². The van der Waals surface area contributed by atoms with Crippen molar-refractivity contribution in [3.63, 3.8) is 0 Å². The zero-order valence-electron chi connectivity index (χ0n) is 7.82. The van der Waals surface area contributed by atoms with Gasteiger partial charge >= 0.3 is 110 Å². The van der Waals surface area contributed by atoms with E-state index in [1.807, 2.05) is 0 Å². The molecule has 0 aromatic rings. The van der Waals surface area contributed by atoms with Gasteiger partial charge in [-0.25, -0.2) is 0 Å². The van der Waals surface area contributed by atoms with Crippen LogP contribution in [0.1, 0.15) is 13.8 Å². The second-order valence-electron chi connectivity index (χ2n) is 2.98. The summed E-state index contributed by atoms with van der Waals surface area (Å²) in [6.07, 6.45) is 0. The van der Waals surface area contributed by atoms with Crippen LogP contribution >= 0.6 is 39.1 Å². The van der Waals surface area contributed by atoms with Gasteiger partial charge < -0.3 is 0 Å². The Morgan fingerprint density at radius 2 is 2.23 bits per heavy atom. The molecule has 0 saturated heterocycles.